The lowest BCUT2D eigenvalue weighted by molar-refractivity contribution is -0.380. The van der Waals surface area contributed by atoms with E-state index in [-0.39, 0.29) is 10.8 Å². The van der Waals surface area contributed by atoms with Gasteiger partial charge >= 0.3 is 5.00 Å². The number of thiophene rings is 1. The highest BCUT2D eigenvalue weighted by Crippen LogP contribution is 2.23. The van der Waals surface area contributed by atoms with Crippen LogP contribution in [0.15, 0.2) is 41.8 Å². The van der Waals surface area contributed by atoms with Crippen LogP contribution in [0.3, 0.4) is 0 Å². The molecule has 1 saturated heterocycles. The molecule has 1 aromatic heterocycles. The Balaban J connectivity index is 1.65. The summed E-state index contributed by atoms with van der Waals surface area (Å²) in [6, 6.07) is 8.92. The lowest BCUT2D eigenvalue weighted by Crippen LogP contribution is -2.36. The molecule has 1 aromatic carbocycles. The normalized spacial score (nSPS) is 14.9. The SMILES string of the molecule is O=C(/C=C/c1csc([N+](=O)[O-])c1)c1ccc(N2CCOCC2)cc1. The van der Waals surface area contributed by atoms with Crippen LogP contribution in [0.25, 0.3) is 6.08 Å². The van der Waals surface area contributed by atoms with Crippen molar-refractivity contribution in [1.29, 1.82) is 0 Å². The second-order valence-electron chi connectivity index (χ2n) is 5.32. The van der Waals surface area contributed by atoms with Crippen molar-refractivity contribution in [2.24, 2.45) is 0 Å². The molecular formula is C17H16N2O4S. The van der Waals surface area contributed by atoms with Crippen LogP contribution in [-0.2, 0) is 4.74 Å². The van der Waals surface area contributed by atoms with E-state index in [4.69, 9.17) is 4.74 Å². The van der Waals surface area contributed by atoms with Gasteiger partial charge < -0.3 is 9.64 Å². The molecule has 0 unspecified atom stereocenters. The van der Waals surface area contributed by atoms with E-state index in [0.29, 0.717) is 11.1 Å². The summed E-state index contributed by atoms with van der Waals surface area (Å²) >= 11 is 1.05. The lowest BCUT2D eigenvalue weighted by atomic mass is 10.1. The molecule has 0 radical (unpaired) electrons. The number of ether oxygens (including phenoxy) is 1. The predicted octanol–water partition coefficient (Wildman–Crippen LogP) is 3.39. The van der Waals surface area contributed by atoms with E-state index in [2.05, 4.69) is 4.90 Å². The van der Waals surface area contributed by atoms with E-state index < -0.39 is 4.92 Å². The monoisotopic (exact) mass is 344 g/mol. The van der Waals surface area contributed by atoms with E-state index in [1.807, 2.05) is 12.1 Å². The molecule has 6 nitrogen and oxygen atoms in total. The Labute approximate surface area is 143 Å². The first-order valence-corrected chi connectivity index (χ1v) is 8.39. The largest absolute Gasteiger partial charge is 0.378 e. The Bertz CT molecular complexity index is 761. The summed E-state index contributed by atoms with van der Waals surface area (Å²) in [5.41, 5.74) is 2.32. The molecule has 24 heavy (non-hydrogen) atoms. The second kappa shape index (κ2) is 7.37. The van der Waals surface area contributed by atoms with Gasteiger partial charge in [0.25, 0.3) is 0 Å². The molecule has 0 amide bonds. The third kappa shape index (κ3) is 3.87. The fourth-order valence-electron chi connectivity index (χ4n) is 2.45. The molecule has 0 aliphatic carbocycles. The number of carbonyl (C=O) groups excluding carboxylic acids is 1. The highest BCUT2D eigenvalue weighted by molar-refractivity contribution is 7.13. The highest BCUT2D eigenvalue weighted by atomic mass is 32.1. The van der Waals surface area contributed by atoms with Crippen molar-refractivity contribution in [2.75, 3.05) is 31.2 Å². The Morgan fingerprint density at radius 2 is 1.96 bits per heavy atom. The molecule has 0 bridgehead atoms. The van der Waals surface area contributed by atoms with Crippen LogP contribution in [0, 0.1) is 10.1 Å². The molecule has 1 fully saturated rings. The summed E-state index contributed by atoms with van der Waals surface area (Å²) < 4.78 is 5.33. The zero-order valence-electron chi connectivity index (χ0n) is 12.9. The van der Waals surface area contributed by atoms with Crippen molar-refractivity contribution in [3.05, 3.63) is 63.0 Å². The molecule has 7 heteroatoms. The molecule has 0 N–H and O–H groups in total. The van der Waals surface area contributed by atoms with Crippen LogP contribution < -0.4 is 4.90 Å². The Hall–Kier alpha value is -2.51. The van der Waals surface area contributed by atoms with Gasteiger partial charge in [0.2, 0.25) is 0 Å². The van der Waals surface area contributed by atoms with Crippen LogP contribution in [-0.4, -0.2) is 37.0 Å². The minimum atomic E-state index is -0.436. The van der Waals surface area contributed by atoms with Gasteiger partial charge in [0.1, 0.15) is 0 Å². The fourth-order valence-corrected chi connectivity index (χ4v) is 3.14. The maximum atomic E-state index is 12.2. The van der Waals surface area contributed by atoms with Crippen LogP contribution in [0.2, 0.25) is 0 Å². The predicted molar refractivity (Wildman–Crippen MR) is 93.8 cm³/mol. The van der Waals surface area contributed by atoms with E-state index in [1.54, 1.807) is 23.6 Å². The zero-order valence-corrected chi connectivity index (χ0v) is 13.7. The van der Waals surface area contributed by atoms with Crippen molar-refractivity contribution >= 4 is 33.9 Å². The first-order valence-electron chi connectivity index (χ1n) is 7.51. The minimum Gasteiger partial charge on any atom is -0.378 e. The van der Waals surface area contributed by atoms with E-state index in [0.717, 1.165) is 43.3 Å². The van der Waals surface area contributed by atoms with Gasteiger partial charge in [0.15, 0.2) is 5.78 Å². The molecular weight excluding hydrogens is 328 g/mol. The minimum absolute atomic E-state index is 0.0666. The summed E-state index contributed by atoms with van der Waals surface area (Å²) in [5.74, 6) is -0.127. The van der Waals surface area contributed by atoms with Gasteiger partial charge in [-0.1, -0.05) is 11.3 Å². The fraction of sp³-hybridized carbons (Fsp3) is 0.235. The second-order valence-corrected chi connectivity index (χ2v) is 6.21. The van der Waals surface area contributed by atoms with Gasteiger partial charge in [0, 0.05) is 35.8 Å². The summed E-state index contributed by atoms with van der Waals surface area (Å²) in [5, 5.41) is 12.4. The summed E-state index contributed by atoms with van der Waals surface area (Å²) in [6.07, 6.45) is 3.04. The Kier molecular flexibility index (Phi) is 5.02. The molecule has 0 atom stereocenters. The number of nitro groups is 1. The number of nitrogens with zero attached hydrogens (tertiary/aromatic N) is 2. The zero-order chi connectivity index (χ0) is 16.9. The number of allylic oxidation sites excluding steroid dienone is 1. The van der Waals surface area contributed by atoms with Gasteiger partial charge in [-0.15, -0.1) is 0 Å². The smallest absolute Gasteiger partial charge is 0.324 e. The van der Waals surface area contributed by atoms with Gasteiger partial charge in [0.05, 0.1) is 18.1 Å². The molecule has 2 heterocycles. The number of rotatable bonds is 5. The molecule has 1 aliphatic rings. The Morgan fingerprint density at radius 3 is 2.58 bits per heavy atom. The van der Waals surface area contributed by atoms with Crippen molar-refractivity contribution in [3.8, 4) is 0 Å². The number of ketones is 1. The van der Waals surface area contributed by atoms with Crippen molar-refractivity contribution in [1.82, 2.24) is 0 Å². The van der Waals surface area contributed by atoms with Crippen LogP contribution in [0.1, 0.15) is 15.9 Å². The number of benzene rings is 1. The topological polar surface area (TPSA) is 72.7 Å². The average molecular weight is 344 g/mol. The van der Waals surface area contributed by atoms with Crippen LogP contribution >= 0.6 is 11.3 Å². The van der Waals surface area contributed by atoms with Gasteiger partial charge in [-0.05, 0) is 42.0 Å². The number of morpholine rings is 1. The average Bonchev–Trinajstić information content (AvgIpc) is 3.10. The quantitative estimate of drug-likeness (QED) is 0.360. The molecule has 1 aliphatic heterocycles. The number of carbonyl (C=O) groups is 1. The molecule has 2 aromatic rings. The van der Waals surface area contributed by atoms with E-state index in [1.165, 1.54) is 12.1 Å². The number of anilines is 1. The first kappa shape index (κ1) is 16.4. The molecule has 124 valence electrons. The van der Waals surface area contributed by atoms with Crippen molar-refractivity contribution in [3.63, 3.8) is 0 Å². The van der Waals surface area contributed by atoms with Crippen molar-refractivity contribution < 1.29 is 14.5 Å². The number of hydrogen-bond acceptors (Lipinski definition) is 6. The molecule has 0 saturated carbocycles. The summed E-state index contributed by atoms with van der Waals surface area (Å²) in [6.45, 7) is 3.14. The third-order valence-corrected chi connectivity index (χ3v) is 4.64. The maximum Gasteiger partial charge on any atom is 0.324 e. The highest BCUT2D eigenvalue weighted by Gasteiger charge is 2.12. The summed E-state index contributed by atoms with van der Waals surface area (Å²) in [4.78, 5) is 24.6. The lowest BCUT2D eigenvalue weighted by Gasteiger charge is -2.28. The summed E-state index contributed by atoms with van der Waals surface area (Å²) in [7, 11) is 0. The van der Waals surface area contributed by atoms with Crippen LogP contribution in [0.5, 0.6) is 0 Å². The van der Waals surface area contributed by atoms with Gasteiger partial charge in [-0.25, -0.2) is 0 Å². The standard InChI is InChI=1S/C17H16N2O4S/c20-16(6-1-13-11-17(19(21)22)24-12-13)14-2-4-15(5-3-14)18-7-9-23-10-8-18/h1-6,11-12H,7-10H2/b6-1+. The van der Waals surface area contributed by atoms with Gasteiger partial charge in [-0.2, -0.15) is 0 Å². The molecule has 0 spiro atoms. The number of hydrogen-bond donors (Lipinski definition) is 0. The third-order valence-electron chi connectivity index (χ3n) is 3.74. The van der Waals surface area contributed by atoms with E-state index in [9.17, 15) is 14.9 Å². The maximum absolute atomic E-state index is 12.2. The van der Waals surface area contributed by atoms with Crippen molar-refractivity contribution in [2.45, 2.75) is 0 Å². The van der Waals surface area contributed by atoms with Gasteiger partial charge in [-0.3, -0.25) is 14.9 Å². The van der Waals surface area contributed by atoms with Crippen LogP contribution in [0.4, 0.5) is 10.7 Å². The molecule has 3 rings (SSSR count). The Morgan fingerprint density at radius 1 is 1.25 bits per heavy atom. The first-order chi connectivity index (χ1) is 11.6. The van der Waals surface area contributed by atoms with E-state index >= 15 is 0 Å².